The number of carboxylic acid groups (broad SMARTS) is 1. The van der Waals surface area contributed by atoms with Gasteiger partial charge in [-0.2, -0.15) is 0 Å². The van der Waals surface area contributed by atoms with Gasteiger partial charge in [0.25, 0.3) is 0 Å². The van der Waals surface area contributed by atoms with Crippen LogP contribution in [0.4, 0.5) is 4.39 Å². The molecule has 2 fully saturated rings. The molecule has 1 aromatic carbocycles. The Hall–Kier alpha value is -1.42. The molecule has 3 nitrogen and oxygen atoms in total. The van der Waals surface area contributed by atoms with E-state index in [1.54, 1.807) is 12.1 Å². The number of hydrogen-bond acceptors (Lipinski definition) is 2. The van der Waals surface area contributed by atoms with E-state index in [9.17, 15) is 14.3 Å². The topological polar surface area (TPSA) is 40.5 Å². The van der Waals surface area contributed by atoms with E-state index in [4.69, 9.17) is 0 Å². The van der Waals surface area contributed by atoms with Crippen molar-refractivity contribution in [3.63, 3.8) is 0 Å². The number of aliphatic carboxylic acids is 1. The number of rotatable bonds is 2. The van der Waals surface area contributed by atoms with Crippen molar-refractivity contribution in [1.29, 1.82) is 0 Å². The van der Waals surface area contributed by atoms with Gasteiger partial charge < -0.3 is 5.11 Å². The van der Waals surface area contributed by atoms with Crippen molar-refractivity contribution >= 4 is 5.97 Å². The number of piperidine rings is 1. The predicted molar refractivity (Wildman–Crippen MR) is 69.5 cm³/mol. The van der Waals surface area contributed by atoms with E-state index in [1.807, 2.05) is 7.05 Å². The maximum absolute atomic E-state index is 13.0. The lowest BCUT2D eigenvalue weighted by molar-refractivity contribution is -0.146. The quantitative estimate of drug-likeness (QED) is 0.891. The summed E-state index contributed by atoms with van der Waals surface area (Å²) in [5.74, 6) is -1.38. The normalized spacial score (nSPS) is 34.4. The predicted octanol–water partition coefficient (Wildman–Crippen LogP) is 2.48. The summed E-state index contributed by atoms with van der Waals surface area (Å²) in [5, 5.41) is 9.56. The van der Waals surface area contributed by atoms with E-state index in [0.29, 0.717) is 6.04 Å². The average molecular weight is 263 g/mol. The van der Waals surface area contributed by atoms with E-state index in [2.05, 4.69) is 4.90 Å². The molecule has 3 rings (SSSR count). The smallest absolute Gasteiger partial charge is 0.308 e. The van der Waals surface area contributed by atoms with Crippen molar-refractivity contribution in [2.75, 3.05) is 7.05 Å². The summed E-state index contributed by atoms with van der Waals surface area (Å²) in [6.45, 7) is 0. The molecule has 0 amide bonds. The van der Waals surface area contributed by atoms with Gasteiger partial charge in [0.1, 0.15) is 5.82 Å². The lowest BCUT2D eigenvalue weighted by Crippen LogP contribution is -2.48. The number of benzene rings is 1. The van der Waals surface area contributed by atoms with Gasteiger partial charge in [-0.15, -0.1) is 0 Å². The van der Waals surface area contributed by atoms with Crippen LogP contribution in [-0.4, -0.2) is 35.1 Å². The molecule has 2 aliphatic rings. The van der Waals surface area contributed by atoms with Crippen molar-refractivity contribution in [3.8, 4) is 0 Å². The standard InChI is InChI=1S/C15H18FNO2/c1-17-11-6-7-13(17)14(15(18)19)12(8-11)9-2-4-10(16)5-3-9/h2-5,11-14H,6-8H2,1H3,(H,18,19)/t11?,12-,13-,14-/m1/s1. The molecule has 4 atom stereocenters. The molecule has 2 bridgehead atoms. The van der Waals surface area contributed by atoms with Crippen LogP contribution in [0.5, 0.6) is 0 Å². The van der Waals surface area contributed by atoms with Crippen LogP contribution in [0.3, 0.4) is 0 Å². The number of carbonyl (C=O) groups is 1. The molecule has 1 unspecified atom stereocenters. The summed E-state index contributed by atoms with van der Waals surface area (Å²) < 4.78 is 13.0. The Morgan fingerprint density at radius 3 is 2.63 bits per heavy atom. The SMILES string of the molecule is CN1C2CC[C@@H]1[C@H](C(=O)O)[C@@H](c1ccc(F)cc1)C2. The number of fused-ring (bicyclic) bond motifs is 2. The van der Waals surface area contributed by atoms with Crippen LogP contribution in [0.2, 0.25) is 0 Å². The highest BCUT2D eigenvalue weighted by Gasteiger charge is 2.49. The minimum absolute atomic E-state index is 0.00630. The largest absolute Gasteiger partial charge is 0.481 e. The Morgan fingerprint density at radius 2 is 2.00 bits per heavy atom. The molecular formula is C15H18FNO2. The second-order valence-corrected chi connectivity index (χ2v) is 5.72. The molecule has 0 spiro atoms. The molecule has 2 saturated heterocycles. The van der Waals surface area contributed by atoms with Gasteiger partial charge in [-0.25, -0.2) is 4.39 Å². The monoisotopic (exact) mass is 263 g/mol. The van der Waals surface area contributed by atoms with E-state index in [1.165, 1.54) is 12.1 Å². The van der Waals surface area contributed by atoms with Crippen molar-refractivity contribution in [1.82, 2.24) is 4.90 Å². The summed E-state index contributed by atoms with van der Waals surface area (Å²) in [7, 11) is 2.03. The Morgan fingerprint density at radius 1 is 1.32 bits per heavy atom. The third-order valence-corrected chi connectivity index (χ3v) is 4.85. The van der Waals surface area contributed by atoms with Crippen LogP contribution >= 0.6 is 0 Å². The molecule has 4 heteroatoms. The summed E-state index contributed by atoms with van der Waals surface area (Å²) >= 11 is 0. The highest BCUT2D eigenvalue weighted by atomic mass is 19.1. The molecule has 1 aromatic rings. The van der Waals surface area contributed by atoms with Crippen LogP contribution in [0.15, 0.2) is 24.3 Å². The van der Waals surface area contributed by atoms with Gasteiger partial charge in [-0.05, 0) is 44.0 Å². The summed E-state index contributed by atoms with van der Waals surface area (Å²) in [6, 6.07) is 6.91. The maximum Gasteiger partial charge on any atom is 0.308 e. The molecule has 0 aliphatic carbocycles. The zero-order valence-electron chi connectivity index (χ0n) is 10.9. The van der Waals surface area contributed by atoms with Gasteiger partial charge in [0.05, 0.1) is 5.92 Å². The molecule has 19 heavy (non-hydrogen) atoms. The van der Waals surface area contributed by atoms with Gasteiger partial charge in [0, 0.05) is 18.0 Å². The van der Waals surface area contributed by atoms with Crippen LogP contribution < -0.4 is 0 Å². The highest BCUT2D eigenvalue weighted by molar-refractivity contribution is 5.73. The number of hydrogen-bond donors (Lipinski definition) is 1. The van der Waals surface area contributed by atoms with E-state index in [0.717, 1.165) is 24.8 Å². The fourth-order valence-corrected chi connectivity index (χ4v) is 3.86. The first-order valence-electron chi connectivity index (χ1n) is 6.78. The zero-order valence-corrected chi connectivity index (χ0v) is 10.9. The van der Waals surface area contributed by atoms with E-state index >= 15 is 0 Å². The Bertz CT molecular complexity index is 487. The Balaban J connectivity index is 1.95. The third-order valence-electron chi connectivity index (χ3n) is 4.85. The Labute approximate surface area is 112 Å². The average Bonchev–Trinajstić information content (AvgIpc) is 2.63. The van der Waals surface area contributed by atoms with Crippen molar-refractivity contribution in [3.05, 3.63) is 35.6 Å². The van der Waals surface area contributed by atoms with Gasteiger partial charge in [-0.3, -0.25) is 9.69 Å². The summed E-state index contributed by atoms with van der Waals surface area (Å²) in [6.07, 6.45) is 2.88. The molecule has 0 radical (unpaired) electrons. The molecule has 1 N–H and O–H groups in total. The maximum atomic E-state index is 13.0. The first-order valence-corrected chi connectivity index (χ1v) is 6.78. The van der Waals surface area contributed by atoms with Gasteiger partial charge >= 0.3 is 5.97 Å². The van der Waals surface area contributed by atoms with Gasteiger partial charge in [-0.1, -0.05) is 12.1 Å². The minimum atomic E-state index is -0.730. The molecule has 2 aliphatic heterocycles. The van der Waals surface area contributed by atoms with Crippen molar-refractivity contribution < 1.29 is 14.3 Å². The fourth-order valence-electron chi connectivity index (χ4n) is 3.86. The van der Waals surface area contributed by atoms with Crippen LogP contribution in [0.1, 0.15) is 30.7 Å². The third kappa shape index (κ3) is 2.04. The fraction of sp³-hybridized carbons (Fsp3) is 0.533. The zero-order chi connectivity index (χ0) is 13.6. The molecule has 2 heterocycles. The summed E-state index contributed by atoms with van der Waals surface area (Å²) in [4.78, 5) is 13.9. The summed E-state index contributed by atoms with van der Waals surface area (Å²) in [5.41, 5.74) is 0.957. The minimum Gasteiger partial charge on any atom is -0.481 e. The van der Waals surface area contributed by atoms with Crippen molar-refractivity contribution in [2.45, 2.75) is 37.3 Å². The molecule has 0 saturated carbocycles. The second kappa shape index (κ2) is 4.60. The molecular weight excluding hydrogens is 245 g/mol. The highest BCUT2D eigenvalue weighted by Crippen LogP contribution is 2.46. The number of carboxylic acids is 1. The lowest BCUT2D eigenvalue weighted by Gasteiger charge is -2.41. The van der Waals surface area contributed by atoms with Crippen molar-refractivity contribution in [2.24, 2.45) is 5.92 Å². The van der Waals surface area contributed by atoms with E-state index in [-0.39, 0.29) is 23.7 Å². The lowest BCUT2D eigenvalue weighted by atomic mass is 9.76. The van der Waals surface area contributed by atoms with Crippen LogP contribution in [-0.2, 0) is 4.79 Å². The first-order chi connectivity index (χ1) is 9.08. The van der Waals surface area contributed by atoms with Crippen LogP contribution in [0, 0.1) is 11.7 Å². The van der Waals surface area contributed by atoms with Crippen LogP contribution in [0.25, 0.3) is 0 Å². The number of nitrogens with zero attached hydrogens (tertiary/aromatic N) is 1. The second-order valence-electron chi connectivity index (χ2n) is 5.72. The first kappa shape index (κ1) is 12.6. The Kier molecular flexibility index (Phi) is 3.05. The van der Waals surface area contributed by atoms with E-state index < -0.39 is 5.97 Å². The van der Waals surface area contributed by atoms with Gasteiger partial charge in [0.15, 0.2) is 0 Å². The molecule has 102 valence electrons. The molecule has 0 aromatic heterocycles. The number of halogens is 1. The van der Waals surface area contributed by atoms with Gasteiger partial charge in [0.2, 0.25) is 0 Å².